The van der Waals surface area contributed by atoms with Gasteiger partial charge in [-0.05, 0) is 0 Å². The predicted octanol–water partition coefficient (Wildman–Crippen LogP) is -1.92. The average molecular weight is 375 g/mol. The van der Waals surface area contributed by atoms with Crippen molar-refractivity contribution in [1.82, 2.24) is 9.55 Å². The number of fused-ring (bicyclic) bond motifs is 1. The van der Waals surface area contributed by atoms with Crippen LogP contribution in [0.3, 0.4) is 0 Å². The summed E-state index contributed by atoms with van der Waals surface area (Å²) >= 11 is 0. The fourth-order valence-corrected chi connectivity index (χ4v) is 4.40. The molecule has 0 amide bonds. The van der Waals surface area contributed by atoms with Crippen molar-refractivity contribution in [2.75, 3.05) is 19.1 Å². The zero-order chi connectivity index (χ0) is 18.2. The minimum absolute atomic E-state index is 0.0737. The Balaban J connectivity index is 1.71. The molecule has 1 aromatic heterocycles. The number of carbonyl (C=O) groups is 1. The van der Waals surface area contributed by atoms with Gasteiger partial charge < -0.3 is 0 Å². The van der Waals surface area contributed by atoms with Gasteiger partial charge in [-0.3, -0.25) is 0 Å². The van der Waals surface area contributed by atoms with E-state index >= 15 is 0 Å². The number of nitrogens with zero attached hydrogens (tertiary/aromatic N) is 2. The molecule has 2 aliphatic rings. The molecule has 0 aliphatic carbocycles. The SMILES string of the molecule is B[PH]1(OCOC(C)=O)OCC2OC(n3ccc(N)nc3=O)C(O)[C@@H]2O1. The fourth-order valence-electron chi connectivity index (χ4n) is 2.66. The van der Waals surface area contributed by atoms with Crippen LogP contribution in [0, 0.1) is 0 Å². The average Bonchev–Trinajstić information content (AvgIpc) is 2.83. The summed E-state index contributed by atoms with van der Waals surface area (Å²) < 4.78 is 28.3. The number of rotatable bonds is 4. The molecule has 0 spiro atoms. The van der Waals surface area contributed by atoms with Gasteiger partial charge in [-0.1, -0.05) is 0 Å². The fraction of sp³-hybridized carbons (Fsp3) is 0.583. The summed E-state index contributed by atoms with van der Waals surface area (Å²) in [6.45, 7) is 1.05. The molecule has 0 radical (unpaired) electrons. The van der Waals surface area contributed by atoms with Gasteiger partial charge in [0.15, 0.2) is 0 Å². The van der Waals surface area contributed by atoms with Crippen molar-refractivity contribution in [3.05, 3.63) is 22.7 Å². The summed E-state index contributed by atoms with van der Waals surface area (Å²) in [7, 11) is -1.51. The summed E-state index contributed by atoms with van der Waals surface area (Å²) in [5, 5.41) is 10.5. The molecule has 3 rings (SSSR count). The Hall–Kier alpha value is -1.56. The molecule has 0 bridgehead atoms. The van der Waals surface area contributed by atoms with Crippen LogP contribution in [-0.4, -0.2) is 59.9 Å². The van der Waals surface area contributed by atoms with Gasteiger partial charge in [0, 0.05) is 0 Å². The molecule has 4 atom stereocenters. The van der Waals surface area contributed by atoms with Gasteiger partial charge >= 0.3 is 143 Å². The summed E-state index contributed by atoms with van der Waals surface area (Å²) in [5.41, 5.74) is 4.82. The second-order valence-corrected chi connectivity index (χ2v) is 8.29. The first-order valence-corrected chi connectivity index (χ1v) is 9.79. The van der Waals surface area contributed by atoms with Crippen molar-refractivity contribution in [2.45, 2.75) is 31.5 Å². The number of nitrogen functional groups attached to an aromatic ring is 1. The van der Waals surface area contributed by atoms with Crippen molar-refractivity contribution >= 4 is 27.2 Å². The molecular weight excluding hydrogens is 356 g/mol. The molecule has 2 aliphatic heterocycles. The third-order valence-electron chi connectivity index (χ3n) is 3.88. The molecule has 25 heavy (non-hydrogen) atoms. The van der Waals surface area contributed by atoms with Gasteiger partial charge in [-0.15, -0.1) is 0 Å². The standard InChI is InChI=1S/C12H19BN3O8P/c1-6(17)20-5-22-25(13)21-4-7-10(24-25)9(18)11(23-7)16-3-2-8(14)15-12(16)19/h2-3,7,9-11,18,25H,4-5,13H2,1H3,(H2,14,15,19)/t7?,9?,10-,11?/m1/s1. The van der Waals surface area contributed by atoms with Crippen LogP contribution in [-0.2, 0) is 27.8 Å². The maximum absolute atomic E-state index is 12.0. The van der Waals surface area contributed by atoms with Gasteiger partial charge in [0.2, 0.25) is 0 Å². The molecule has 2 fully saturated rings. The summed E-state index contributed by atoms with van der Waals surface area (Å²) in [5.74, 6) is -0.421. The van der Waals surface area contributed by atoms with E-state index in [1.807, 2.05) is 0 Å². The summed E-state index contributed by atoms with van der Waals surface area (Å²) in [6.07, 6.45) is -2.06. The Morgan fingerprint density at radius 2 is 2.40 bits per heavy atom. The number of hydrogen-bond donors (Lipinski definition) is 2. The molecule has 0 aromatic carbocycles. The van der Waals surface area contributed by atoms with E-state index in [-0.39, 0.29) is 19.2 Å². The molecule has 3 heterocycles. The first kappa shape index (κ1) is 18.2. The van der Waals surface area contributed by atoms with Crippen molar-refractivity contribution in [2.24, 2.45) is 0 Å². The van der Waals surface area contributed by atoms with E-state index in [4.69, 9.17) is 28.8 Å². The maximum atomic E-state index is 12.0. The second-order valence-electron chi connectivity index (χ2n) is 5.75. The van der Waals surface area contributed by atoms with E-state index in [9.17, 15) is 14.7 Å². The molecule has 138 valence electrons. The number of anilines is 1. The van der Waals surface area contributed by atoms with E-state index < -0.39 is 44.0 Å². The molecule has 1 aromatic rings. The number of aromatic nitrogens is 2. The van der Waals surface area contributed by atoms with Crippen LogP contribution in [0.15, 0.2) is 17.1 Å². The van der Waals surface area contributed by atoms with E-state index in [1.54, 1.807) is 7.57 Å². The first-order chi connectivity index (χ1) is 11.8. The van der Waals surface area contributed by atoms with Crippen molar-refractivity contribution in [3.8, 4) is 0 Å². The second kappa shape index (κ2) is 6.98. The van der Waals surface area contributed by atoms with E-state index in [1.165, 1.54) is 19.2 Å². The Morgan fingerprint density at radius 1 is 1.64 bits per heavy atom. The zero-order valence-electron chi connectivity index (χ0n) is 13.7. The number of esters is 1. The van der Waals surface area contributed by atoms with Crippen LogP contribution < -0.4 is 11.4 Å². The summed E-state index contributed by atoms with van der Waals surface area (Å²) in [4.78, 5) is 26.4. The van der Waals surface area contributed by atoms with Crippen LogP contribution in [0.1, 0.15) is 13.2 Å². The van der Waals surface area contributed by atoms with Crippen LogP contribution in [0.5, 0.6) is 0 Å². The van der Waals surface area contributed by atoms with Crippen molar-refractivity contribution < 1.29 is 32.9 Å². The van der Waals surface area contributed by atoms with E-state index in [0.717, 1.165) is 4.57 Å². The van der Waals surface area contributed by atoms with Gasteiger partial charge in [-0.25, -0.2) is 0 Å². The van der Waals surface area contributed by atoms with Crippen LogP contribution in [0.2, 0.25) is 0 Å². The Kier molecular flexibility index (Phi) is 5.10. The minimum atomic E-state index is -3.12. The van der Waals surface area contributed by atoms with Gasteiger partial charge in [0.05, 0.1) is 0 Å². The van der Waals surface area contributed by atoms with Crippen LogP contribution >= 0.6 is 7.82 Å². The number of aliphatic hydroxyl groups excluding tert-OH is 1. The van der Waals surface area contributed by atoms with Gasteiger partial charge in [0.1, 0.15) is 0 Å². The normalized spacial score (nSPS) is 31.9. The number of hydrogen-bond acceptors (Lipinski definition) is 10. The Morgan fingerprint density at radius 3 is 3.08 bits per heavy atom. The number of carbonyl (C=O) groups excluding carboxylic acids is 1. The quantitative estimate of drug-likeness (QED) is 0.264. The van der Waals surface area contributed by atoms with E-state index in [2.05, 4.69) is 4.98 Å². The predicted molar refractivity (Wildman–Crippen MR) is 88.2 cm³/mol. The Labute approximate surface area is 143 Å². The molecule has 13 heteroatoms. The third-order valence-corrected chi connectivity index (χ3v) is 5.91. The van der Waals surface area contributed by atoms with Crippen molar-refractivity contribution in [1.29, 1.82) is 0 Å². The molecule has 3 unspecified atom stereocenters. The van der Waals surface area contributed by atoms with Crippen molar-refractivity contribution in [3.63, 3.8) is 0 Å². The van der Waals surface area contributed by atoms with Gasteiger partial charge in [0.25, 0.3) is 0 Å². The van der Waals surface area contributed by atoms with E-state index in [0.29, 0.717) is 0 Å². The first-order valence-electron chi connectivity index (χ1n) is 7.56. The van der Waals surface area contributed by atoms with Gasteiger partial charge in [-0.2, -0.15) is 0 Å². The number of nitrogens with two attached hydrogens (primary N) is 1. The Bertz CT molecular complexity index is 720. The zero-order valence-corrected chi connectivity index (χ0v) is 14.7. The molecule has 3 N–H and O–H groups in total. The van der Waals surface area contributed by atoms with Crippen LogP contribution in [0.4, 0.5) is 5.82 Å². The number of ether oxygens (including phenoxy) is 2. The summed E-state index contributed by atoms with van der Waals surface area (Å²) in [6, 6.07) is 1.43. The van der Waals surface area contributed by atoms with Crippen LogP contribution in [0.25, 0.3) is 0 Å². The molecule has 11 nitrogen and oxygen atoms in total. The number of aliphatic hydroxyl groups is 1. The topological polar surface area (TPSA) is 144 Å². The molecular formula is C12H19BN3O8P. The molecule has 0 saturated carbocycles. The monoisotopic (exact) mass is 375 g/mol. The molecule has 2 saturated heterocycles. The third kappa shape index (κ3) is 3.84.